The van der Waals surface area contributed by atoms with Crippen LogP contribution in [0.15, 0.2) is 24.3 Å². The van der Waals surface area contributed by atoms with Gasteiger partial charge in [-0.2, -0.15) is 0 Å². The third-order valence-corrected chi connectivity index (χ3v) is 3.73. The van der Waals surface area contributed by atoms with E-state index in [1.54, 1.807) is 29.2 Å². The van der Waals surface area contributed by atoms with E-state index in [9.17, 15) is 14.4 Å². The van der Waals surface area contributed by atoms with Gasteiger partial charge in [0.1, 0.15) is 0 Å². The first-order valence-corrected chi connectivity index (χ1v) is 7.87. The van der Waals surface area contributed by atoms with E-state index in [1.807, 2.05) is 6.92 Å². The second-order valence-corrected chi connectivity index (χ2v) is 5.63. The van der Waals surface area contributed by atoms with Crippen molar-refractivity contribution in [1.29, 1.82) is 0 Å². The van der Waals surface area contributed by atoms with Crippen LogP contribution >= 0.6 is 0 Å². The first kappa shape index (κ1) is 17.9. The molecule has 0 saturated carbocycles. The molecule has 24 heavy (non-hydrogen) atoms. The van der Waals surface area contributed by atoms with Gasteiger partial charge in [0.05, 0.1) is 26.2 Å². The third-order valence-electron chi connectivity index (χ3n) is 3.73. The minimum absolute atomic E-state index is 0.0358. The number of ether oxygens (including phenoxy) is 2. The monoisotopic (exact) mass is 334 g/mol. The first-order valence-electron chi connectivity index (χ1n) is 7.87. The van der Waals surface area contributed by atoms with Crippen molar-refractivity contribution in [3.05, 3.63) is 29.8 Å². The molecule has 0 aromatic heterocycles. The molecule has 1 aliphatic heterocycles. The number of esters is 1. The van der Waals surface area contributed by atoms with Gasteiger partial charge in [0.25, 0.3) is 5.91 Å². The molecule has 2 amide bonds. The second kappa shape index (κ2) is 8.44. The van der Waals surface area contributed by atoms with Gasteiger partial charge in [0.15, 0.2) is 0 Å². The summed E-state index contributed by atoms with van der Waals surface area (Å²) < 4.78 is 9.92. The van der Waals surface area contributed by atoms with Gasteiger partial charge in [-0.25, -0.2) is 0 Å². The predicted octanol–water partition coefficient (Wildman–Crippen LogP) is 1.44. The highest BCUT2D eigenvalue weighted by Gasteiger charge is 2.22. The second-order valence-electron chi connectivity index (χ2n) is 5.63. The Morgan fingerprint density at radius 2 is 1.96 bits per heavy atom. The summed E-state index contributed by atoms with van der Waals surface area (Å²) in [6.45, 7) is 3.63. The van der Waals surface area contributed by atoms with Crippen molar-refractivity contribution in [3.8, 4) is 0 Å². The van der Waals surface area contributed by atoms with Crippen LogP contribution < -0.4 is 5.32 Å². The Hall–Kier alpha value is -2.41. The van der Waals surface area contributed by atoms with Gasteiger partial charge in [-0.05, 0) is 31.2 Å². The Labute approximate surface area is 140 Å². The molecule has 1 fully saturated rings. The summed E-state index contributed by atoms with van der Waals surface area (Å²) in [7, 11) is 1.28. The van der Waals surface area contributed by atoms with Crippen molar-refractivity contribution in [1.82, 2.24) is 4.90 Å². The number of nitrogens with zero attached hydrogens (tertiary/aromatic N) is 1. The van der Waals surface area contributed by atoms with Crippen LogP contribution in [0.5, 0.6) is 0 Å². The molecule has 1 heterocycles. The molecular formula is C17H22N2O5. The number of methoxy groups -OCH3 is 1. The molecule has 1 aromatic carbocycles. The number of morpholine rings is 1. The lowest BCUT2D eigenvalue weighted by Gasteiger charge is -2.31. The molecular weight excluding hydrogens is 312 g/mol. The van der Waals surface area contributed by atoms with Crippen molar-refractivity contribution >= 4 is 23.5 Å². The average Bonchev–Trinajstić information content (AvgIpc) is 2.59. The highest BCUT2D eigenvalue weighted by molar-refractivity contribution is 5.96. The van der Waals surface area contributed by atoms with Crippen molar-refractivity contribution in [2.75, 3.05) is 32.1 Å². The van der Waals surface area contributed by atoms with Gasteiger partial charge in [-0.3, -0.25) is 14.4 Å². The zero-order valence-electron chi connectivity index (χ0n) is 13.9. The number of rotatable bonds is 5. The molecule has 1 aliphatic rings. The molecule has 1 aromatic rings. The minimum atomic E-state index is -0.425. The quantitative estimate of drug-likeness (QED) is 0.824. The number of amides is 2. The summed E-state index contributed by atoms with van der Waals surface area (Å²) in [6.07, 6.45) is 0.128. The van der Waals surface area contributed by atoms with Crippen molar-refractivity contribution < 1.29 is 23.9 Å². The largest absolute Gasteiger partial charge is 0.469 e. The maximum absolute atomic E-state index is 12.4. The average molecular weight is 334 g/mol. The molecule has 0 aliphatic carbocycles. The lowest BCUT2D eigenvalue weighted by molar-refractivity contribution is -0.141. The van der Waals surface area contributed by atoms with E-state index in [1.165, 1.54) is 7.11 Å². The van der Waals surface area contributed by atoms with Gasteiger partial charge in [0, 0.05) is 30.8 Å². The van der Waals surface area contributed by atoms with Crippen LogP contribution in [0, 0.1) is 0 Å². The highest BCUT2D eigenvalue weighted by atomic mass is 16.5. The van der Waals surface area contributed by atoms with Gasteiger partial charge in [0.2, 0.25) is 5.91 Å². The lowest BCUT2D eigenvalue weighted by Crippen LogP contribution is -2.44. The van der Waals surface area contributed by atoms with Crippen LogP contribution in [-0.2, 0) is 19.1 Å². The molecule has 7 nitrogen and oxygen atoms in total. The van der Waals surface area contributed by atoms with E-state index >= 15 is 0 Å². The first-order chi connectivity index (χ1) is 11.5. The van der Waals surface area contributed by atoms with Crippen LogP contribution in [0.3, 0.4) is 0 Å². The Morgan fingerprint density at radius 1 is 1.25 bits per heavy atom. The van der Waals surface area contributed by atoms with Gasteiger partial charge in [-0.1, -0.05) is 0 Å². The number of anilines is 1. The summed E-state index contributed by atoms with van der Waals surface area (Å²) in [5, 5.41) is 2.68. The van der Waals surface area contributed by atoms with E-state index < -0.39 is 5.97 Å². The molecule has 1 N–H and O–H groups in total. The van der Waals surface area contributed by atoms with E-state index in [0.29, 0.717) is 30.9 Å². The Balaban J connectivity index is 1.89. The standard InChI is InChI=1S/C17H22N2O5/c1-12-11-19(9-10-24-12)17(22)13-3-5-14(6-4-13)18-15(20)7-8-16(21)23-2/h3-6,12H,7-11H2,1-2H3,(H,18,20). The van der Waals surface area contributed by atoms with E-state index in [0.717, 1.165) is 0 Å². The molecule has 1 saturated heterocycles. The normalized spacial score (nSPS) is 17.2. The zero-order chi connectivity index (χ0) is 17.5. The number of carbonyl (C=O) groups is 3. The fourth-order valence-electron chi connectivity index (χ4n) is 2.42. The third kappa shape index (κ3) is 5.06. The SMILES string of the molecule is COC(=O)CCC(=O)Nc1ccc(C(=O)N2CCOC(C)C2)cc1. The number of hydrogen-bond acceptors (Lipinski definition) is 5. The van der Waals surface area contributed by atoms with E-state index in [-0.39, 0.29) is 30.8 Å². The fourth-order valence-corrected chi connectivity index (χ4v) is 2.42. The maximum atomic E-state index is 12.4. The Bertz CT molecular complexity index is 600. The fraction of sp³-hybridized carbons (Fsp3) is 0.471. The molecule has 130 valence electrons. The number of nitrogens with one attached hydrogen (secondary N) is 1. The molecule has 0 bridgehead atoms. The summed E-state index contributed by atoms with van der Waals surface area (Å²) in [5.41, 5.74) is 1.15. The topological polar surface area (TPSA) is 84.9 Å². The molecule has 1 atom stereocenters. The van der Waals surface area contributed by atoms with Crippen molar-refractivity contribution in [2.45, 2.75) is 25.9 Å². The summed E-state index contributed by atoms with van der Waals surface area (Å²) in [6, 6.07) is 6.71. The number of carbonyl (C=O) groups excluding carboxylic acids is 3. The summed E-state index contributed by atoms with van der Waals surface area (Å²) in [5.74, 6) is -0.749. The molecule has 0 spiro atoms. The maximum Gasteiger partial charge on any atom is 0.306 e. The number of hydrogen-bond donors (Lipinski definition) is 1. The zero-order valence-corrected chi connectivity index (χ0v) is 13.9. The highest BCUT2D eigenvalue weighted by Crippen LogP contribution is 2.14. The molecule has 2 rings (SSSR count). The van der Waals surface area contributed by atoms with E-state index in [2.05, 4.69) is 10.1 Å². The van der Waals surface area contributed by atoms with Crippen LogP contribution in [0.25, 0.3) is 0 Å². The van der Waals surface area contributed by atoms with Crippen molar-refractivity contribution in [2.24, 2.45) is 0 Å². The molecule has 1 unspecified atom stereocenters. The van der Waals surface area contributed by atoms with Gasteiger partial charge >= 0.3 is 5.97 Å². The summed E-state index contributed by atoms with van der Waals surface area (Å²) >= 11 is 0. The molecule has 7 heteroatoms. The van der Waals surface area contributed by atoms with Crippen LogP contribution in [0.1, 0.15) is 30.1 Å². The lowest BCUT2D eigenvalue weighted by atomic mass is 10.1. The van der Waals surface area contributed by atoms with E-state index in [4.69, 9.17) is 4.74 Å². The predicted molar refractivity (Wildman–Crippen MR) is 87.6 cm³/mol. The van der Waals surface area contributed by atoms with Crippen LogP contribution in [0.2, 0.25) is 0 Å². The van der Waals surface area contributed by atoms with Crippen LogP contribution in [-0.4, -0.2) is 55.6 Å². The number of benzene rings is 1. The van der Waals surface area contributed by atoms with Crippen LogP contribution in [0.4, 0.5) is 5.69 Å². The smallest absolute Gasteiger partial charge is 0.306 e. The Morgan fingerprint density at radius 3 is 2.58 bits per heavy atom. The Kier molecular flexibility index (Phi) is 6.31. The summed E-state index contributed by atoms with van der Waals surface area (Å²) in [4.78, 5) is 36.9. The van der Waals surface area contributed by atoms with Gasteiger partial charge in [-0.15, -0.1) is 0 Å². The van der Waals surface area contributed by atoms with Crippen molar-refractivity contribution in [3.63, 3.8) is 0 Å². The minimum Gasteiger partial charge on any atom is -0.469 e. The molecule has 0 radical (unpaired) electrons. The van der Waals surface area contributed by atoms with Gasteiger partial charge < -0.3 is 19.7 Å².